The van der Waals surface area contributed by atoms with Gasteiger partial charge < -0.3 is 16.0 Å². The molecule has 0 aromatic rings. The van der Waals surface area contributed by atoms with Crippen LogP contribution in [-0.4, -0.2) is 35.1 Å². The minimum absolute atomic E-state index is 0.0107. The summed E-state index contributed by atoms with van der Waals surface area (Å²) in [6, 6.07) is -0.0858. The number of carbonyl (C=O) groups is 1. The van der Waals surface area contributed by atoms with E-state index in [1.807, 2.05) is 4.90 Å². The molecule has 2 fully saturated rings. The Kier molecular flexibility index (Phi) is 4.20. The zero-order valence-corrected chi connectivity index (χ0v) is 11.0. The second-order valence-corrected chi connectivity index (χ2v) is 5.54. The number of likely N-dealkylation sites (tertiary alicyclic amines) is 1. The number of carbonyl (C=O) groups excluding carboxylic acids is 1. The molecular weight excluding hydrogens is 234 g/mol. The summed E-state index contributed by atoms with van der Waals surface area (Å²) in [5, 5.41) is 3.00. The minimum Gasteiger partial charge on any atom is -0.392 e. The Hall–Kier alpha value is -0.840. The molecule has 0 radical (unpaired) electrons. The van der Waals surface area contributed by atoms with Gasteiger partial charge in [0, 0.05) is 13.1 Å². The van der Waals surface area contributed by atoms with Crippen LogP contribution in [0.15, 0.2) is 0 Å². The van der Waals surface area contributed by atoms with Crippen LogP contribution >= 0.6 is 12.2 Å². The molecule has 2 rings (SSSR count). The molecule has 1 heterocycles. The Morgan fingerprint density at radius 2 is 1.82 bits per heavy atom. The van der Waals surface area contributed by atoms with Gasteiger partial charge in [-0.15, -0.1) is 0 Å². The zero-order chi connectivity index (χ0) is 12.3. The van der Waals surface area contributed by atoms with Crippen molar-refractivity contribution in [1.29, 1.82) is 0 Å². The maximum atomic E-state index is 12.1. The first-order valence-electron chi connectivity index (χ1n) is 6.53. The maximum Gasteiger partial charge on any atom is 0.317 e. The van der Waals surface area contributed by atoms with Crippen LogP contribution in [0.5, 0.6) is 0 Å². The molecule has 17 heavy (non-hydrogen) atoms. The zero-order valence-electron chi connectivity index (χ0n) is 10.2. The second-order valence-electron chi connectivity index (χ2n) is 5.07. The number of nitrogens with two attached hydrogens (primary N) is 1. The highest BCUT2D eigenvalue weighted by Crippen LogP contribution is 2.32. The van der Waals surface area contributed by atoms with E-state index in [1.54, 1.807) is 0 Å². The van der Waals surface area contributed by atoms with Gasteiger partial charge in [0.1, 0.15) is 0 Å². The summed E-state index contributed by atoms with van der Waals surface area (Å²) in [5.41, 5.74) is 5.68. The van der Waals surface area contributed by atoms with Gasteiger partial charge in [0.25, 0.3) is 0 Å². The summed E-state index contributed by atoms with van der Waals surface area (Å²) in [4.78, 5) is 14.4. The van der Waals surface area contributed by atoms with Crippen molar-refractivity contribution in [3.63, 3.8) is 0 Å². The Labute approximate surface area is 108 Å². The van der Waals surface area contributed by atoms with Gasteiger partial charge in [0.05, 0.1) is 11.0 Å². The molecule has 1 aliphatic heterocycles. The number of rotatable bonds is 3. The van der Waals surface area contributed by atoms with Crippen molar-refractivity contribution in [3.05, 3.63) is 0 Å². The van der Waals surface area contributed by atoms with E-state index >= 15 is 0 Å². The highest BCUT2D eigenvalue weighted by atomic mass is 32.1. The summed E-state index contributed by atoms with van der Waals surface area (Å²) in [6.07, 6.45) is 6.92. The highest BCUT2D eigenvalue weighted by Gasteiger charge is 2.35. The van der Waals surface area contributed by atoms with Crippen molar-refractivity contribution in [3.8, 4) is 0 Å². The lowest BCUT2D eigenvalue weighted by Crippen LogP contribution is -2.50. The Balaban J connectivity index is 1.87. The van der Waals surface area contributed by atoms with E-state index in [1.165, 1.54) is 12.8 Å². The largest absolute Gasteiger partial charge is 0.392 e. The van der Waals surface area contributed by atoms with Crippen molar-refractivity contribution in [2.24, 2.45) is 11.7 Å². The van der Waals surface area contributed by atoms with Crippen molar-refractivity contribution < 1.29 is 4.79 Å². The Bertz CT molecular complexity index is 296. The number of thiocarbonyl (C=S) groups is 1. The fourth-order valence-electron chi connectivity index (χ4n) is 2.35. The van der Waals surface area contributed by atoms with Gasteiger partial charge >= 0.3 is 6.03 Å². The van der Waals surface area contributed by atoms with E-state index in [2.05, 4.69) is 5.32 Å². The predicted molar refractivity (Wildman–Crippen MR) is 71.9 cm³/mol. The lowest BCUT2D eigenvalue weighted by atomic mass is 10.2. The van der Waals surface area contributed by atoms with Crippen LogP contribution < -0.4 is 11.1 Å². The topological polar surface area (TPSA) is 58.4 Å². The molecule has 1 unspecified atom stereocenters. The van der Waals surface area contributed by atoms with E-state index in [4.69, 9.17) is 18.0 Å². The molecule has 1 saturated carbocycles. The van der Waals surface area contributed by atoms with Gasteiger partial charge in [-0.05, 0) is 31.6 Å². The minimum atomic E-state index is -0.0965. The van der Waals surface area contributed by atoms with Gasteiger partial charge in [-0.3, -0.25) is 0 Å². The number of hydrogen-bond donors (Lipinski definition) is 2. The molecule has 5 heteroatoms. The first-order valence-corrected chi connectivity index (χ1v) is 6.94. The predicted octanol–water partition coefficient (Wildman–Crippen LogP) is 1.64. The van der Waals surface area contributed by atoms with Crippen LogP contribution in [0.25, 0.3) is 0 Å². The normalized spacial score (nSPS) is 22.7. The SMILES string of the molecule is NC(=S)C(NC(=O)N1CCCCCC1)C1CC1. The van der Waals surface area contributed by atoms with E-state index < -0.39 is 0 Å². The maximum absolute atomic E-state index is 12.1. The van der Waals surface area contributed by atoms with Crippen LogP contribution in [0.4, 0.5) is 4.79 Å². The third kappa shape index (κ3) is 3.56. The highest BCUT2D eigenvalue weighted by molar-refractivity contribution is 7.80. The number of urea groups is 1. The van der Waals surface area contributed by atoms with E-state index in [0.717, 1.165) is 38.8 Å². The molecule has 2 amide bonds. The summed E-state index contributed by atoms with van der Waals surface area (Å²) in [6.45, 7) is 1.72. The fraction of sp³-hybridized carbons (Fsp3) is 0.833. The molecule has 0 aromatic heterocycles. The van der Waals surface area contributed by atoms with E-state index in [0.29, 0.717) is 10.9 Å². The van der Waals surface area contributed by atoms with Gasteiger partial charge in [-0.1, -0.05) is 25.1 Å². The monoisotopic (exact) mass is 255 g/mol. The number of nitrogens with one attached hydrogen (secondary N) is 1. The van der Waals surface area contributed by atoms with Crippen molar-refractivity contribution in [2.75, 3.05) is 13.1 Å². The van der Waals surface area contributed by atoms with Crippen LogP contribution in [0, 0.1) is 5.92 Å². The smallest absolute Gasteiger partial charge is 0.317 e. The molecule has 3 N–H and O–H groups in total. The first kappa shape index (κ1) is 12.6. The number of hydrogen-bond acceptors (Lipinski definition) is 2. The van der Waals surface area contributed by atoms with E-state index in [-0.39, 0.29) is 12.1 Å². The Morgan fingerprint density at radius 1 is 1.24 bits per heavy atom. The summed E-state index contributed by atoms with van der Waals surface area (Å²) in [5.74, 6) is 0.475. The molecule has 96 valence electrons. The molecule has 0 spiro atoms. The number of amides is 2. The van der Waals surface area contributed by atoms with Crippen LogP contribution in [0.3, 0.4) is 0 Å². The molecule has 0 aromatic carbocycles. The average Bonchev–Trinajstić information content (AvgIpc) is 3.11. The van der Waals surface area contributed by atoms with Crippen LogP contribution in [0.2, 0.25) is 0 Å². The molecule has 1 aliphatic carbocycles. The van der Waals surface area contributed by atoms with Crippen molar-refractivity contribution in [1.82, 2.24) is 10.2 Å². The summed E-state index contributed by atoms with van der Waals surface area (Å²) < 4.78 is 0. The Morgan fingerprint density at radius 3 is 2.29 bits per heavy atom. The molecule has 2 aliphatic rings. The lowest BCUT2D eigenvalue weighted by Gasteiger charge is -2.24. The molecule has 1 saturated heterocycles. The molecule has 4 nitrogen and oxygen atoms in total. The van der Waals surface area contributed by atoms with Crippen molar-refractivity contribution in [2.45, 2.75) is 44.6 Å². The summed E-state index contributed by atoms with van der Waals surface area (Å²) >= 11 is 5.02. The van der Waals surface area contributed by atoms with Crippen LogP contribution in [-0.2, 0) is 0 Å². The molecule has 0 bridgehead atoms. The lowest BCUT2D eigenvalue weighted by molar-refractivity contribution is 0.197. The third-order valence-corrected chi connectivity index (χ3v) is 3.83. The fourth-order valence-corrected chi connectivity index (χ4v) is 2.60. The molecular formula is C12H21N3OS. The molecule has 1 atom stereocenters. The van der Waals surface area contributed by atoms with Crippen LogP contribution in [0.1, 0.15) is 38.5 Å². The van der Waals surface area contributed by atoms with E-state index in [9.17, 15) is 4.79 Å². The average molecular weight is 255 g/mol. The second kappa shape index (κ2) is 5.67. The first-order chi connectivity index (χ1) is 8.18. The van der Waals surface area contributed by atoms with Gasteiger partial charge in [-0.2, -0.15) is 0 Å². The van der Waals surface area contributed by atoms with Gasteiger partial charge in [-0.25, -0.2) is 4.79 Å². The summed E-state index contributed by atoms with van der Waals surface area (Å²) in [7, 11) is 0. The quantitative estimate of drug-likeness (QED) is 0.754. The number of nitrogens with zero attached hydrogens (tertiary/aromatic N) is 1. The van der Waals surface area contributed by atoms with Crippen molar-refractivity contribution >= 4 is 23.2 Å². The van der Waals surface area contributed by atoms with Gasteiger partial charge in [0.15, 0.2) is 0 Å². The van der Waals surface area contributed by atoms with Gasteiger partial charge in [0.2, 0.25) is 0 Å². The third-order valence-electron chi connectivity index (χ3n) is 3.57. The standard InChI is InChI=1S/C12H21N3OS/c13-11(17)10(9-5-6-9)14-12(16)15-7-3-1-2-4-8-15/h9-10H,1-8H2,(H2,13,17)(H,14,16).